The van der Waals surface area contributed by atoms with E-state index in [4.69, 9.17) is 0 Å². The molecule has 8 heteroatoms. The summed E-state index contributed by atoms with van der Waals surface area (Å²) in [5, 5.41) is 9.60. The van der Waals surface area contributed by atoms with E-state index >= 15 is 0 Å². The SMILES string of the molecule is CCC(CSC)NS(=O)(=O)c1ccc(O)c(C(=O)OC)c1. The van der Waals surface area contributed by atoms with E-state index in [0.29, 0.717) is 12.2 Å². The zero-order chi connectivity index (χ0) is 16.0. The minimum Gasteiger partial charge on any atom is -0.507 e. The summed E-state index contributed by atoms with van der Waals surface area (Å²) in [6, 6.07) is 3.32. The summed E-state index contributed by atoms with van der Waals surface area (Å²) in [6.45, 7) is 1.89. The Bertz CT molecular complexity index is 601. The number of esters is 1. The average molecular weight is 333 g/mol. The Kier molecular flexibility index (Phi) is 6.50. The highest BCUT2D eigenvalue weighted by molar-refractivity contribution is 7.98. The van der Waals surface area contributed by atoms with Crippen molar-refractivity contribution >= 4 is 27.8 Å². The minimum absolute atomic E-state index is 0.0831. The number of phenols is 1. The van der Waals surface area contributed by atoms with Gasteiger partial charge in [-0.25, -0.2) is 17.9 Å². The van der Waals surface area contributed by atoms with Crippen LogP contribution in [0.5, 0.6) is 5.75 Å². The lowest BCUT2D eigenvalue weighted by molar-refractivity contribution is 0.0597. The van der Waals surface area contributed by atoms with Crippen LogP contribution in [-0.2, 0) is 14.8 Å². The van der Waals surface area contributed by atoms with Gasteiger partial charge in [0.25, 0.3) is 0 Å². The van der Waals surface area contributed by atoms with Crippen LogP contribution in [0.3, 0.4) is 0 Å². The minimum atomic E-state index is -3.76. The van der Waals surface area contributed by atoms with Gasteiger partial charge in [0.05, 0.1) is 12.0 Å². The topological polar surface area (TPSA) is 92.7 Å². The summed E-state index contributed by atoms with van der Waals surface area (Å²) < 4.78 is 31.7. The molecule has 21 heavy (non-hydrogen) atoms. The molecule has 0 saturated heterocycles. The molecule has 0 aliphatic rings. The molecule has 1 rings (SSSR count). The highest BCUT2D eigenvalue weighted by atomic mass is 32.2. The van der Waals surface area contributed by atoms with Crippen LogP contribution in [0.15, 0.2) is 23.1 Å². The molecule has 1 unspecified atom stereocenters. The van der Waals surface area contributed by atoms with E-state index in [1.54, 1.807) is 11.8 Å². The van der Waals surface area contributed by atoms with Crippen molar-refractivity contribution in [2.45, 2.75) is 24.3 Å². The Morgan fingerprint density at radius 1 is 1.48 bits per heavy atom. The molecular formula is C13H19NO5S2. The molecule has 2 N–H and O–H groups in total. The largest absolute Gasteiger partial charge is 0.507 e. The highest BCUT2D eigenvalue weighted by Crippen LogP contribution is 2.22. The molecule has 6 nitrogen and oxygen atoms in total. The molecule has 118 valence electrons. The molecule has 0 fully saturated rings. The first-order valence-electron chi connectivity index (χ1n) is 6.28. The molecule has 1 aromatic rings. The number of rotatable bonds is 7. The van der Waals surface area contributed by atoms with E-state index in [-0.39, 0.29) is 22.3 Å². The molecule has 0 aliphatic carbocycles. The maximum absolute atomic E-state index is 12.3. The Morgan fingerprint density at radius 2 is 2.14 bits per heavy atom. The first-order chi connectivity index (χ1) is 9.85. The Labute approximate surface area is 128 Å². The van der Waals surface area contributed by atoms with Crippen LogP contribution in [0.4, 0.5) is 0 Å². The summed E-state index contributed by atoms with van der Waals surface area (Å²) >= 11 is 1.54. The molecule has 0 bridgehead atoms. The number of hydrogen-bond acceptors (Lipinski definition) is 6. The number of nitrogens with one attached hydrogen (secondary N) is 1. The van der Waals surface area contributed by atoms with Crippen molar-refractivity contribution in [3.8, 4) is 5.75 Å². The lowest BCUT2D eigenvalue weighted by Gasteiger charge is -2.16. The second kappa shape index (κ2) is 7.67. The summed E-state index contributed by atoms with van der Waals surface area (Å²) in [5.41, 5.74) is -0.182. The molecule has 0 aliphatic heterocycles. The van der Waals surface area contributed by atoms with E-state index in [1.807, 2.05) is 13.2 Å². The van der Waals surface area contributed by atoms with Crippen LogP contribution in [0.25, 0.3) is 0 Å². The molecule has 0 heterocycles. The van der Waals surface area contributed by atoms with Gasteiger partial charge in [-0.05, 0) is 30.9 Å². The fourth-order valence-corrected chi connectivity index (χ4v) is 3.85. The maximum Gasteiger partial charge on any atom is 0.341 e. The van der Waals surface area contributed by atoms with Crippen molar-refractivity contribution in [1.29, 1.82) is 0 Å². The Morgan fingerprint density at radius 3 is 2.67 bits per heavy atom. The van der Waals surface area contributed by atoms with Crippen LogP contribution in [0, 0.1) is 0 Å². The molecule has 1 aromatic carbocycles. The Hall–Kier alpha value is -1.25. The van der Waals surface area contributed by atoms with Crippen molar-refractivity contribution in [2.24, 2.45) is 0 Å². The van der Waals surface area contributed by atoms with E-state index in [1.165, 1.54) is 6.07 Å². The normalized spacial score (nSPS) is 12.9. The van der Waals surface area contributed by atoms with Crippen LogP contribution in [0.1, 0.15) is 23.7 Å². The predicted molar refractivity (Wildman–Crippen MR) is 82.2 cm³/mol. The third-order valence-corrected chi connectivity index (χ3v) is 5.12. The van der Waals surface area contributed by atoms with Crippen molar-refractivity contribution in [3.05, 3.63) is 23.8 Å². The number of thioether (sulfide) groups is 1. The van der Waals surface area contributed by atoms with Gasteiger partial charge >= 0.3 is 5.97 Å². The molecule has 0 spiro atoms. The lowest BCUT2D eigenvalue weighted by atomic mass is 10.2. The zero-order valence-corrected chi connectivity index (χ0v) is 13.8. The van der Waals surface area contributed by atoms with Crippen LogP contribution >= 0.6 is 11.8 Å². The van der Waals surface area contributed by atoms with E-state index < -0.39 is 16.0 Å². The maximum atomic E-state index is 12.3. The quantitative estimate of drug-likeness (QED) is 0.736. The molecule has 0 aromatic heterocycles. The predicted octanol–water partition coefficient (Wildman–Crippen LogP) is 1.60. The number of methoxy groups -OCH3 is 1. The van der Waals surface area contributed by atoms with Crippen molar-refractivity contribution in [3.63, 3.8) is 0 Å². The van der Waals surface area contributed by atoms with Gasteiger partial charge in [0.15, 0.2) is 0 Å². The smallest absolute Gasteiger partial charge is 0.341 e. The van der Waals surface area contributed by atoms with Crippen molar-refractivity contribution < 1.29 is 23.1 Å². The fraction of sp³-hybridized carbons (Fsp3) is 0.462. The molecule has 0 amide bonds. The van der Waals surface area contributed by atoms with Gasteiger partial charge in [0.1, 0.15) is 11.3 Å². The van der Waals surface area contributed by atoms with Gasteiger partial charge in [-0.3, -0.25) is 0 Å². The number of benzene rings is 1. The number of carbonyl (C=O) groups excluding carboxylic acids is 1. The van der Waals surface area contributed by atoms with E-state index in [2.05, 4.69) is 9.46 Å². The molecule has 1 atom stereocenters. The van der Waals surface area contributed by atoms with Gasteiger partial charge in [0, 0.05) is 11.8 Å². The van der Waals surface area contributed by atoms with Gasteiger partial charge in [0.2, 0.25) is 10.0 Å². The number of carbonyl (C=O) groups is 1. The highest BCUT2D eigenvalue weighted by Gasteiger charge is 2.22. The van der Waals surface area contributed by atoms with Crippen LogP contribution in [0.2, 0.25) is 0 Å². The third kappa shape index (κ3) is 4.62. The first-order valence-corrected chi connectivity index (χ1v) is 9.16. The number of hydrogen-bond donors (Lipinski definition) is 2. The van der Waals surface area contributed by atoms with Gasteiger partial charge in [-0.1, -0.05) is 6.92 Å². The van der Waals surface area contributed by atoms with Crippen molar-refractivity contribution in [2.75, 3.05) is 19.1 Å². The number of aromatic hydroxyl groups is 1. The van der Waals surface area contributed by atoms with E-state index in [0.717, 1.165) is 19.2 Å². The molecule has 0 saturated carbocycles. The van der Waals surface area contributed by atoms with Crippen molar-refractivity contribution in [1.82, 2.24) is 4.72 Å². The number of sulfonamides is 1. The second-order valence-corrected chi connectivity index (χ2v) is 6.98. The van der Waals surface area contributed by atoms with Gasteiger partial charge in [-0.15, -0.1) is 0 Å². The standard InChI is InChI=1S/C13H19NO5S2/c1-4-9(8-20-3)14-21(17,18)10-5-6-12(15)11(7-10)13(16)19-2/h5-7,9,14-15H,4,8H2,1-3H3. The Balaban J connectivity index is 3.11. The van der Waals surface area contributed by atoms with E-state index in [9.17, 15) is 18.3 Å². The number of ether oxygens (including phenoxy) is 1. The third-order valence-electron chi connectivity index (χ3n) is 2.87. The number of phenolic OH excluding ortho intramolecular Hbond substituents is 1. The summed E-state index contributed by atoms with van der Waals surface area (Å²) in [6.07, 6.45) is 2.55. The lowest BCUT2D eigenvalue weighted by Crippen LogP contribution is -2.36. The fourth-order valence-electron chi connectivity index (χ4n) is 1.68. The monoisotopic (exact) mass is 333 g/mol. The summed E-state index contributed by atoms with van der Waals surface area (Å²) in [7, 11) is -2.60. The van der Waals surface area contributed by atoms with Gasteiger partial charge < -0.3 is 9.84 Å². The van der Waals surface area contributed by atoms with Gasteiger partial charge in [-0.2, -0.15) is 11.8 Å². The summed E-state index contributed by atoms with van der Waals surface area (Å²) in [4.78, 5) is 11.4. The second-order valence-electron chi connectivity index (χ2n) is 4.35. The first kappa shape index (κ1) is 17.8. The van der Waals surface area contributed by atoms with Crippen LogP contribution in [-0.4, -0.2) is 44.7 Å². The summed E-state index contributed by atoms with van der Waals surface area (Å²) in [5.74, 6) is -0.463. The zero-order valence-electron chi connectivity index (χ0n) is 12.1. The van der Waals surface area contributed by atoms with Crippen LogP contribution < -0.4 is 4.72 Å². The average Bonchev–Trinajstić information content (AvgIpc) is 2.46. The molecular weight excluding hydrogens is 314 g/mol. The molecule has 0 radical (unpaired) electrons.